The maximum atomic E-state index is 13.0. The number of amides is 1. The van der Waals surface area contributed by atoms with E-state index in [9.17, 15) is 13.6 Å². The van der Waals surface area contributed by atoms with Crippen molar-refractivity contribution < 1.29 is 13.6 Å². The SMILES string of the molecule is O=C(Nc1ccc(F)cc1Br)c1ccc(F)c(S)c1. The van der Waals surface area contributed by atoms with Crippen LogP contribution >= 0.6 is 28.6 Å². The lowest BCUT2D eigenvalue weighted by Gasteiger charge is -2.08. The molecule has 98 valence electrons. The molecule has 0 bridgehead atoms. The van der Waals surface area contributed by atoms with Gasteiger partial charge in [-0.05, 0) is 52.3 Å². The topological polar surface area (TPSA) is 29.1 Å². The molecule has 0 radical (unpaired) electrons. The molecule has 0 saturated carbocycles. The van der Waals surface area contributed by atoms with E-state index in [0.717, 1.165) is 6.07 Å². The highest BCUT2D eigenvalue weighted by Gasteiger charge is 2.10. The summed E-state index contributed by atoms with van der Waals surface area (Å²) in [6.45, 7) is 0. The number of hydrogen-bond donors (Lipinski definition) is 2. The predicted octanol–water partition coefficient (Wildman–Crippen LogP) is 4.27. The largest absolute Gasteiger partial charge is 0.321 e. The fourth-order valence-electron chi connectivity index (χ4n) is 1.44. The molecule has 0 fully saturated rings. The summed E-state index contributed by atoms with van der Waals surface area (Å²) in [6.07, 6.45) is 0. The van der Waals surface area contributed by atoms with E-state index in [4.69, 9.17) is 0 Å². The molecule has 2 nitrogen and oxygen atoms in total. The lowest BCUT2D eigenvalue weighted by atomic mass is 10.2. The fraction of sp³-hybridized carbons (Fsp3) is 0. The van der Waals surface area contributed by atoms with Crippen molar-refractivity contribution in [1.82, 2.24) is 0 Å². The highest BCUT2D eigenvalue weighted by Crippen LogP contribution is 2.24. The van der Waals surface area contributed by atoms with E-state index in [1.165, 1.54) is 30.3 Å². The number of hydrogen-bond acceptors (Lipinski definition) is 2. The number of benzene rings is 2. The molecule has 0 heterocycles. The van der Waals surface area contributed by atoms with Gasteiger partial charge in [0.05, 0.1) is 5.69 Å². The Morgan fingerprint density at radius 3 is 2.53 bits per heavy atom. The van der Waals surface area contributed by atoms with Crippen molar-refractivity contribution in [2.45, 2.75) is 4.90 Å². The van der Waals surface area contributed by atoms with Gasteiger partial charge in [0.2, 0.25) is 0 Å². The Kier molecular flexibility index (Phi) is 4.21. The molecule has 0 aliphatic rings. The zero-order valence-electron chi connectivity index (χ0n) is 9.45. The van der Waals surface area contributed by atoms with E-state index in [0.29, 0.717) is 10.2 Å². The molecule has 0 atom stereocenters. The Bertz CT molecular complexity index is 649. The summed E-state index contributed by atoms with van der Waals surface area (Å²) in [4.78, 5) is 12.0. The number of nitrogens with one attached hydrogen (secondary N) is 1. The van der Waals surface area contributed by atoms with Gasteiger partial charge in [0.1, 0.15) is 11.6 Å². The highest BCUT2D eigenvalue weighted by atomic mass is 79.9. The minimum absolute atomic E-state index is 0.0887. The third kappa shape index (κ3) is 3.33. The summed E-state index contributed by atoms with van der Waals surface area (Å²) in [5.74, 6) is -1.34. The average Bonchev–Trinajstić information content (AvgIpc) is 2.36. The van der Waals surface area contributed by atoms with Crippen LogP contribution in [-0.4, -0.2) is 5.91 Å². The molecule has 0 saturated heterocycles. The normalized spacial score (nSPS) is 10.3. The standard InChI is InChI=1S/C13H8BrF2NOS/c14-9-6-8(15)2-4-11(9)17-13(18)7-1-3-10(16)12(19)5-7/h1-6,19H,(H,17,18). The monoisotopic (exact) mass is 343 g/mol. The molecule has 0 aliphatic heterocycles. The number of carbonyl (C=O) groups is 1. The van der Waals surface area contributed by atoms with Crippen LogP contribution in [0.15, 0.2) is 45.8 Å². The van der Waals surface area contributed by atoms with Gasteiger partial charge in [-0.3, -0.25) is 4.79 Å². The third-order valence-corrected chi connectivity index (χ3v) is 3.39. The van der Waals surface area contributed by atoms with Gasteiger partial charge in [0.15, 0.2) is 0 Å². The summed E-state index contributed by atoms with van der Waals surface area (Å²) in [6, 6.07) is 7.74. The molecule has 0 unspecified atom stereocenters. The summed E-state index contributed by atoms with van der Waals surface area (Å²) >= 11 is 7.05. The van der Waals surface area contributed by atoms with Crippen molar-refractivity contribution in [3.05, 3.63) is 58.1 Å². The Morgan fingerprint density at radius 2 is 1.89 bits per heavy atom. The molecule has 0 aromatic heterocycles. The number of anilines is 1. The maximum absolute atomic E-state index is 13.0. The molecule has 1 amide bonds. The van der Waals surface area contributed by atoms with Gasteiger partial charge in [-0.1, -0.05) is 0 Å². The van der Waals surface area contributed by atoms with Crippen molar-refractivity contribution in [2.24, 2.45) is 0 Å². The van der Waals surface area contributed by atoms with Crippen molar-refractivity contribution >= 4 is 40.2 Å². The molecule has 2 aromatic carbocycles. The van der Waals surface area contributed by atoms with Gasteiger partial charge in [-0.2, -0.15) is 0 Å². The zero-order valence-corrected chi connectivity index (χ0v) is 11.9. The van der Waals surface area contributed by atoms with Gasteiger partial charge >= 0.3 is 0 Å². The van der Waals surface area contributed by atoms with Crippen LogP contribution in [0.2, 0.25) is 0 Å². The third-order valence-electron chi connectivity index (χ3n) is 2.39. The molecule has 2 rings (SSSR count). The van der Waals surface area contributed by atoms with E-state index < -0.39 is 17.5 Å². The Morgan fingerprint density at radius 1 is 1.16 bits per heavy atom. The van der Waals surface area contributed by atoms with E-state index in [2.05, 4.69) is 33.9 Å². The van der Waals surface area contributed by atoms with Crippen LogP contribution in [0.3, 0.4) is 0 Å². The molecule has 2 aromatic rings. The zero-order chi connectivity index (χ0) is 14.0. The first-order chi connectivity index (χ1) is 8.97. The first kappa shape index (κ1) is 14.0. The lowest BCUT2D eigenvalue weighted by Crippen LogP contribution is -2.12. The number of rotatable bonds is 2. The van der Waals surface area contributed by atoms with Crippen LogP contribution in [-0.2, 0) is 0 Å². The van der Waals surface area contributed by atoms with E-state index in [1.807, 2.05) is 0 Å². The molecule has 1 N–H and O–H groups in total. The summed E-state index contributed by atoms with van der Waals surface area (Å²) in [5.41, 5.74) is 0.694. The van der Waals surface area contributed by atoms with Crippen LogP contribution in [0.5, 0.6) is 0 Å². The van der Waals surface area contributed by atoms with E-state index in [-0.39, 0.29) is 10.5 Å². The van der Waals surface area contributed by atoms with E-state index in [1.54, 1.807) is 0 Å². The lowest BCUT2D eigenvalue weighted by molar-refractivity contribution is 0.102. The van der Waals surface area contributed by atoms with Crippen molar-refractivity contribution in [1.29, 1.82) is 0 Å². The van der Waals surface area contributed by atoms with Crippen LogP contribution in [0, 0.1) is 11.6 Å². The Balaban J connectivity index is 2.23. The predicted molar refractivity (Wildman–Crippen MR) is 75.7 cm³/mol. The molecule has 19 heavy (non-hydrogen) atoms. The van der Waals surface area contributed by atoms with Crippen molar-refractivity contribution in [3.8, 4) is 0 Å². The Labute approximate surface area is 122 Å². The average molecular weight is 344 g/mol. The van der Waals surface area contributed by atoms with Gasteiger partial charge < -0.3 is 5.32 Å². The van der Waals surface area contributed by atoms with Gasteiger partial charge in [-0.15, -0.1) is 12.6 Å². The molecular formula is C13H8BrF2NOS. The van der Waals surface area contributed by atoms with Crippen LogP contribution in [0.25, 0.3) is 0 Å². The second kappa shape index (κ2) is 5.71. The second-order valence-electron chi connectivity index (χ2n) is 3.74. The van der Waals surface area contributed by atoms with Crippen molar-refractivity contribution in [3.63, 3.8) is 0 Å². The first-order valence-electron chi connectivity index (χ1n) is 5.22. The minimum atomic E-state index is -0.497. The van der Waals surface area contributed by atoms with E-state index >= 15 is 0 Å². The van der Waals surface area contributed by atoms with Crippen molar-refractivity contribution in [2.75, 3.05) is 5.32 Å². The van der Waals surface area contributed by atoms with Gasteiger partial charge in [-0.25, -0.2) is 8.78 Å². The Hall–Kier alpha value is -1.40. The maximum Gasteiger partial charge on any atom is 0.255 e. The molecule has 6 heteroatoms. The molecule has 0 aliphatic carbocycles. The summed E-state index contributed by atoms with van der Waals surface area (Å²) in [5, 5.41) is 2.59. The van der Waals surface area contributed by atoms with Crippen LogP contribution < -0.4 is 5.32 Å². The number of halogens is 3. The smallest absolute Gasteiger partial charge is 0.255 e. The van der Waals surface area contributed by atoms with Gasteiger partial charge in [0.25, 0.3) is 5.91 Å². The number of carbonyl (C=O) groups excluding carboxylic acids is 1. The molecular weight excluding hydrogens is 336 g/mol. The fourth-order valence-corrected chi connectivity index (χ4v) is 2.10. The summed E-state index contributed by atoms with van der Waals surface area (Å²) < 4.78 is 26.4. The number of thiol groups is 1. The van der Waals surface area contributed by atoms with Crippen LogP contribution in [0.4, 0.5) is 14.5 Å². The van der Waals surface area contributed by atoms with Gasteiger partial charge in [0, 0.05) is 14.9 Å². The highest BCUT2D eigenvalue weighted by molar-refractivity contribution is 9.10. The summed E-state index contributed by atoms with van der Waals surface area (Å²) in [7, 11) is 0. The molecule has 0 spiro atoms. The van der Waals surface area contributed by atoms with Crippen LogP contribution in [0.1, 0.15) is 10.4 Å². The quantitative estimate of drug-likeness (QED) is 0.783. The second-order valence-corrected chi connectivity index (χ2v) is 5.08. The first-order valence-corrected chi connectivity index (χ1v) is 6.46. The minimum Gasteiger partial charge on any atom is -0.321 e.